The maximum Gasteiger partial charge on any atom is 0.312 e. The van der Waals surface area contributed by atoms with Crippen molar-refractivity contribution in [2.24, 2.45) is 17.4 Å². The van der Waals surface area contributed by atoms with E-state index in [0.29, 0.717) is 12.5 Å². The molecule has 6 N–H and O–H groups in total. The molecule has 6 nitrogen and oxygen atoms in total. The number of nitrogens with two attached hydrogens (primary N) is 2. The SMILES string of the molecule is Cc1ccccc1C(CC(=O)NC(CN)C1CCCCC1)NC(N)=O.Cl. The molecule has 1 aromatic rings. The first kappa shape index (κ1) is 22.3. The molecule has 0 heterocycles. The van der Waals surface area contributed by atoms with E-state index >= 15 is 0 Å². The maximum absolute atomic E-state index is 12.6. The van der Waals surface area contributed by atoms with Crippen molar-refractivity contribution in [2.75, 3.05) is 6.54 Å². The molecule has 0 radical (unpaired) electrons. The predicted octanol–water partition coefficient (Wildman–Crippen LogP) is 2.54. The minimum Gasteiger partial charge on any atom is -0.352 e. The van der Waals surface area contributed by atoms with E-state index in [1.807, 2.05) is 31.2 Å². The van der Waals surface area contributed by atoms with Crippen LogP contribution in [0.1, 0.15) is 55.7 Å². The van der Waals surface area contributed by atoms with Crippen LogP contribution in [-0.2, 0) is 4.79 Å². The highest BCUT2D eigenvalue weighted by Gasteiger charge is 2.26. The third-order valence-corrected chi connectivity index (χ3v) is 5.09. The van der Waals surface area contributed by atoms with Gasteiger partial charge in [0.1, 0.15) is 0 Å². The number of benzene rings is 1. The lowest BCUT2D eigenvalue weighted by atomic mass is 9.83. The summed E-state index contributed by atoms with van der Waals surface area (Å²) in [6.07, 6.45) is 6.04. The Morgan fingerprint density at radius 2 is 1.81 bits per heavy atom. The summed E-state index contributed by atoms with van der Waals surface area (Å²) in [5.41, 5.74) is 13.1. The molecule has 3 amide bonds. The number of halogens is 1. The van der Waals surface area contributed by atoms with Crippen LogP contribution in [0.2, 0.25) is 0 Å². The Labute approximate surface area is 161 Å². The van der Waals surface area contributed by atoms with Crippen LogP contribution in [0.15, 0.2) is 24.3 Å². The largest absolute Gasteiger partial charge is 0.352 e. The number of hydrogen-bond acceptors (Lipinski definition) is 3. The molecule has 0 saturated heterocycles. The van der Waals surface area contributed by atoms with E-state index < -0.39 is 12.1 Å². The summed E-state index contributed by atoms with van der Waals surface area (Å²) in [6, 6.07) is 6.60. The number of rotatable bonds is 7. The molecule has 1 aromatic carbocycles. The van der Waals surface area contributed by atoms with Crippen molar-refractivity contribution in [1.82, 2.24) is 10.6 Å². The Balaban J connectivity index is 0.00000338. The van der Waals surface area contributed by atoms with Crippen molar-refractivity contribution in [2.45, 2.75) is 57.5 Å². The van der Waals surface area contributed by atoms with E-state index in [0.717, 1.165) is 24.0 Å². The summed E-state index contributed by atoms with van der Waals surface area (Å²) in [5, 5.41) is 5.76. The van der Waals surface area contributed by atoms with Gasteiger partial charge in [0.2, 0.25) is 5.91 Å². The summed E-state index contributed by atoms with van der Waals surface area (Å²) >= 11 is 0. The molecule has 2 rings (SSSR count). The molecule has 0 aliphatic heterocycles. The second-order valence-electron chi connectivity index (χ2n) is 6.93. The zero-order chi connectivity index (χ0) is 18.2. The van der Waals surface area contributed by atoms with Gasteiger partial charge >= 0.3 is 6.03 Å². The molecule has 1 fully saturated rings. The molecule has 0 bridgehead atoms. The number of aryl methyl sites for hydroxylation is 1. The Bertz CT molecular complexity index is 591. The van der Waals surface area contributed by atoms with E-state index in [1.54, 1.807) is 0 Å². The third-order valence-electron chi connectivity index (χ3n) is 5.09. The van der Waals surface area contributed by atoms with E-state index in [-0.39, 0.29) is 30.8 Å². The van der Waals surface area contributed by atoms with Crippen LogP contribution in [0.4, 0.5) is 4.79 Å². The van der Waals surface area contributed by atoms with Gasteiger partial charge in [0.15, 0.2) is 0 Å². The lowest BCUT2D eigenvalue weighted by molar-refractivity contribution is -0.122. The van der Waals surface area contributed by atoms with Crippen LogP contribution in [0, 0.1) is 12.8 Å². The summed E-state index contributed by atoms with van der Waals surface area (Å²) in [6.45, 7) is 2.39. The predicted molar refractivity (Wildman–Crippen MR) is 106 cm³/mol. The average Bonchev–Trinajstić information content (AvgIpc) is 2.60. The Morgan fingerprint density at radius 1 is 1.15 bits per heavy atom. The van der Waals surface area contributed by atoms with Crippen molar-refractivity contribution >= 4 is 24.3 Å². The number of urea groups is 1. The highest BCUT2D eigenvalue weighted by atomic mass is 35.5. The minimum atomic E-state index is -0.635. The topological polar surface area (TPSA) is 110 Å². The third kappa shape index (κ3) is 6.50. The molecule has 2 unspecified atom stereocenters. The highest BCUT2D eigenvalue weighted by molar-refractivity contribution is 5.85. The zero-order valence-corrected chi connectivity index (χ0v) is 16.2. The van der Waals surface area contributed by atoms with Crippen molar-refractivity contribution in [1.29, 1.82) is 0 Å². The lowest BCUT2D eigenvalue weighted by Crippen LogP contribution is -2.47. The van der Waals surface area contributed by atoms with Crippen LogP contribution < -0.4 is 22.1 Å². The van der Waals surface area contributed by atoms with E-state index in [1.165, 1.54) is 19.3 Å². The van der Waals surface area contributed by atoms with Gasteiger partial charge in [0.25, 0.3) is 0 Å². The van der Waals surface area contributed by atoms with Crippen molar-refractivity contribution in [3.8, 4) is 0 Å². The molecular weight excluding hydrogens is 352 g/mol. The first-order valence-electron chi connectivity index (χ1n) is 9.12. The number of amides is 3. The van der Waals surface area contributed by atoms with Gasteiger partial charge in [-0.25, -0.2) is 4.79 Å². The summed E-state index contributed by atoms with van der Waals surface area (Å²) in [7, 11) is 0. The molecule has 7 heteroatoms. The van der Waals surface area contributed by atoms with Gasteiger partial charge in [-0.2, -0.15) is 0 Å². The van der Waals surface area contributed by atoms with Gasteiger partial charge in [0, 0.05) is 12.6 Å². The highest BCUT2D eigenvalue weighted by Crippen LogP contribution is 2.26. The van der Waals surface area contributed by atoms with E-state index in [2.05, 4.69) is 10.6 Å². The fourth-order valence-electron chi connectivity index (χ4n) is 3.75. The second kappa shape index (κ2) is 11.0. The standard InChI is InChI=1S/C19H30N4O2.ClH/c1-13-7-5-6-10-15(13)16(23-19(21)25)11-18(24)22-17(12-20)14-8-3-2-4-9-14;/h5-7,10,14,16-17H,2-4,8-9,11-12,20H2,1H3,(H,22,24)(H3,21,23,25);1H. The van der Waals surface area contributed by atoms with Gasteiger partial charge in [-0.1, -0.05) is 43.5 Å². The molecule has 1 saturated carbocycles. The first-order valence-corrected chi connectivity index (χ1v) is 9.12. The van der Waals surface area contributed by atoms with E-state index in [4.69, 9.17) is 11.5 Å². The van der Waals surface area contributed by atoms with Gasteiger partial charge in [0.05, 0.1) is 12.5 Å². The van der Waals surface area contributed by atoms with E-state index in [9.17, 15) is 9.59 Å². The molecule has 26 heavy (non-hydrogen) atoms. The van der Waals surface area contributed by atoms with Crippen LogP contribution >= 0.6 is 12.4 Å². The van der Waals surface area contributed by atoms with Crippen LogP contribution in [-0.4, -0.2) is 24.5 Å². The van der Waals surface area contributed by atoms with Crippen molar-refractivity contribution in [3.05, 3.63) is 35.4 Å². The number of carbonyl (C=O) groups is 2. The van der Waals surface area contributed by atoms with Crippen molar-refractivity contribution < 1.29 is 9.59 Å². The number of hydrogen-bond donors (Lipinski definition) is 4. The Morgan fingerprint density at radius 3 is 2.38 bits per heavy atom. The quantitative estimate of drug-likeness (QED) is 0.581. The fraction of sp³-hybridized carbons (Fsp3) is 0.579. The zero-order valence-electron chi connectivity index (χ0n) is 15.4. The number of nitrogens with one attached hydrogen (secondary N) is 2. The second-order valence-corrected chi connectivity index (χ2v) is 6.93. The average molecular weight is 383 g/mol. The number of carbonyl (C=O) groups excluding carboxylic acids is 2. The smallest absolute Gasteiger partial charge is 0.312 e. The van der Waals surface area contributed by atoms with Crippen LogP contribution in [0.25, 0.3) is 0 Å². The molecule has 0 aromatic heterocycles. The Kier molecular flexibility index (Phi) is 9.44. The molecule has 2 atom stereocenters. The first-order chi connectivity index (χ1) is 12.0. The minimum absolute atomic E-state index is 0. The Hall–Kier alpha value is -1.79. The van der Waals surface area contributed by atoms with Crippen LogP contribution in [0.3, 0.4) is 0 Å². The molecule has 146 valence electrons. The summed E-state index contributed by atoms with van der Waals surface area (Å²) in [5.74, 6) is 0.340. The maximum atomic E-state index is 12.6. The summed E-state index contributed by atoms with van der Waals surface area (Å²) < 4.78 is 0. The van der Waals surface area contributed by atoms with Gasteiger partial charge in [-0.05, 0) is 36.8 Å². The van der Waals surface area contributed by atoms with Gasteiger partial charge in [-0.15, -0.1) is 12.4 Å². The van der Waals surface area contributed by atoms with Crippen LogP contribution in [0.5, 0.6) is 0 Å². The fourth-order valence-corrected chi connectivity index (χ4v) is 3.75. The molecule has 1 aliphatic carbocycles. The lowest BCUT2D eigenvalue weighted by Gasteiger charge is -2.30. The monoisotopic (exact) mass is 382 g/mol. The van der Waals surface area contributed by atoms with Gasteiger partial charge < -0.3 is 22.1 Å². The molecular formula is C19H31ClN4O2. The van der Waals surface area contributed by atoms with Crippen molar-refractivity contribution in [3.63, 3.8) is 0 Å². The number of primary amides is 1. The molecule has 1 aliphatic rings. The van der Waals surface area contributed by atoms with Gasteiger partial charge in [-0.3, -0.25) is 4.79 Å². The normalized spacial score (nSPS) is 16.8. The summed E-state index contributed by atoms with van der Waals surface area (Å²) in [4.78, 5) is 23.9. The molecule has 0 spiro atoms.